The van der Waals surface area contributed by atoms with Crippen molar-refractivity contribution in [3.8, 4) is 87.7 Å². The van der Waals surface area contributed by atoms with Crippen molar-refractivity contribution >= 4 is 98.6 Å². The van der Waals surface area contributed by atoms with Gasteiger partial charge in [-0.05, 0) is 260 Å². The Morgan fingerprint density at radius 3 is 0.400 bits per heavy atom. The summed E-state index contributed by atoms with van der Waals surface area (Å²) in [6, 6.07) is 43.1. The topological polar surface area (TPSA) is 119 Å². The number of rotatable bonds is 15. The first-order valence-corrected chi connectivity index (χ1v) is 51.7. The summed E-state index contributed by atoms with van der Waals surface area (Å²) in [7, 11) is -11.5. The molecule has 1 aliphatic carbocycles. The number of fused-ring (bicyclic) bond motifs is 10. The molecule has 5 aromatic carbocycles. The van der Waals surface area contributed by atoms with E-state index in [1.165, 1.54) is 0 Å². The van der Waals surface area contributed by atoms with Gasteiger partial charge in [-0.3, -0.25) is 0 Å². The van der Waals surface area contributed by atoms with Gasteiger partial charge in [0.15, 0.2) is 0 Å². The highest BCUT2D eigenvalue weighted by molar-refractivity contribution is 6.92. The first-order valence-electron chi connectivity index (χ1n) is 40.6. The minimum Gasteiger partial charge on any atom is -0.192 e. The molecule has 10 heteroatoms. The van der Waals surface area contributed by atoms with Gasteiger partial charge >= 0.3 is 0 Å². The molecular formula is C100H125N5Si5. The van der Waals surface area contributed by atoms with Crippen LogP contribution in [-0.2, 0) is 0 Å². The molecule has 0 radical (unpaired) electrons. The van der Waals surface area contributed by atoms with Crippen LogP contribution in [0.3, 0.4) is 0 Å². The zero-order valence-electron chi connectivity index (χ0n) is 72.4. The van der Waals surface area contributed by atoms with Gasteiger partial charge in [0, 0.05) is 27.8 Å². The van der Waals surface area contributed by atoms with Gasteiger partial charge in [0.2, 0.25) is 0 Å². The molecule has 0 atom stereocenters. The molecule has 10 bridgehead atoms. The molecule has 0 aromatic heterocycles. The smallest absolute Gasteiger partial charge is 0.146 e. The van der Waals surface area contributed by atoms with Gasteiger partial charge in [-0.15, -0.1) is 27.7 Å². The lowest BCUT2D eigenvalue weighted by Gasteiger charge is -2.38. The Balaban J connectivity index is 2.00. The van der Waals surface area contributed by atoms with Crippen LogP contribution < -0.4 is 0 Å². The molecule has 1 aliphatic rings. The fourth-order valence-electron chi connectivity index (χ4n) is 19.6. The molecule has 0 N–H and O–H groups in total. The molecule has 0 fully saturated rings. The summed E-state index contributed by atoms with van der Waals surface area (Å²) in [4.78, 5) is 0. The normalized spacial score (nSPS) is 13.2. The zero-order valence-corrected chi connectivity index (χ0v) is 77.4. The van der Waals surface area contributed by atoms with Crippen molar-refractivity contribution in [1.29, 1.82) is 26.3 Å². The number of hydrogen-bond donors (Lipinski definition) is 0. The van der Waals surface area contributed by atoms with E-state index < -0.39 is 40.4 Å². The Morgan fingerprint density at radius 1 is 0.182 bits per heavy atom. The molecular weight excluding hydrogens is 1410 g/mol. The van der Waals surface area contributed by atoms with Crippen LogP contribution in [-0.4, -0.2) is 40.4 Å². The third kappa shape index (κ3) is 19.5. The lowest BCUT2D eigenvalue weighted by atomic mass is 9.94. The highest BCUT2D eigenvalue weighted by Crippen LogP contribution is 2.46. The predicted octanol–water partition coefficient (Wildman–Crippen LogP) is 28.2. The van der Waals surface area contributed by atoms with Crippen LogP contribution in [0.4, 0.5) is 0 Å². The Morgan fingerprint density at radius 2 is 0.300 bits per heavy atom. The van der Waals surface area contributed by atoms with E-state index in [4.69, 9.17) is 0 Å². The van der Waals surface area contributed by atoms with Crippen LogP contribution in [0, 0.1) is 114 Å². The van der Waals surface area contributed by atoms with Crippen molar-refractivity contribution in [2.45, 2.75) is 291 Å². The monoisotopic (exact) mass is 1540 g/mol. The highest BCUT2D eigenvalue weighted by Gasteiger charge is 2.46. The van der Waals surface area contributed by atoms with Crippen molar-refractivity contribution in [2.75, 3.05) is 0 Å². The standard InChI is InChI=1S/C100H125N5Si5/c1-66(2)106(67(3)4,68(5)6)36-31-81-41-86-51-91(46-81)96(61-101)57-87-42-82(32-37-107(69(7)8,70(9)10)71(11)12)48-93(52-87)98(63-103)59-89-44-84(34-39-109(75(19)20,76(21)22)77(23)24)50-95(54-89)100(65-105)60-90-45-85(35-40-110(78(25)26,79(27)28)80(29)30)49-94(55-90)99(64-104)58-88-43-83(47-92(53-88)97(56-86)62-102)33-38-108(72(13)14,73(15)16)74(17)18/h41-60,66-80H,1-30H3. The fraction of sp³-hybridized carbons (Fsp3) is 0.450. The maximum absolute atomic E-state index is 11.7. The minimum atomic E-state index is -2.31. The van der Waals surface area contributed by atoms with Gasteiger partial charge in [-0.2, -0.15) is 26.3 Å². The van der Waals surface area contributed by atoms with Crippen molar-refractivity contribution < 1.29 is 0 Å². The Bertz CT molecular complexity index is 4150. The largest absolute Gasteiger partial charge is 0.192 e. The van der Waals surface area contributed by atoms with Gasteiger partial charge in [0.05, 0.1) is 58.2 Å². The van der Waals surface area contributed by atoms with Crippen LogP contribution in [0.25, 0.3) is 58.2 Å². The maximum atomic E-state index is 11.7. The molecule has 110 heavy (non-hydrogen) atoms. The molecule has 0 saturated carbocycles. The second-order valence-corrected chi connectivity index (χ2v) is 63.7. The van der Waals surface area contributed by atoms with E-state index in [2.05, 4.69) is 295 Å². The van der Waals surface area contributed by atoms with Crippen LogP contribution in [0.5, 0.6) is 0 Å². The summed E-state index contributed by atoms with van der Waals surface area (Å²) in [5.74, 6) is 18.6. The highest BCUT2D eigenvalue weighted by atomic mass is 28.3. The molecule has 5 aromatic rings. The number of hydrogen-bond acceptors (Lipinski definition) is 5. The molecule has 0 heterocycles. The summed E-state index contributed by atoms with van der Waals surface area (Å²) in [6.07, 6.45) is 9.45. The number of allylic oxidation sites excluding steroid dienone is 5. The summed E-state index contributed by atoms with van der Waals surface area (Å²) in [5, 5.41) is 58.5. The predicted molar refractivity (Wildman–Crippen MR) is 489 cm³/mol. The van der Waals surface area contributed by atoms with Gasteiger partial charge in [-0.25, -0.2) is 0 Å². The second-order valence-electron chi connectivity index (χ2n) is 35.8. The van der Waals surface area contributed by atoms with Crippen LogP contribution >= 0.6 is 0 Å². The van der Waals surface area contributed by atoms with Gasteiger partial charge < -0.3 is 0 Å². The Kier molecular flexibility index (Phi) is 31.0. The van der Waals surface area contributed by atoms with E-state index in [9.17, 15) is 26.3 Å². The SMILES string of the molecule is CC(C)[Si](C#Cc1cc2cc(c1)C(C#N)=Cc1cc(C#C[Si](C(C)C)(C(C)C)C(C)C)cc(c1)C(C#N)=Cc1cc(C#C[Si](C(C)C)(C(C)C)C(C)C)cc(c1)C(C#N)=Cc1cc(C#C[Si](C(C)C)(C(C)C)C(C)C)cc(c1)C(C#N)=Cc1cc(C#C[Si](C(C)C)(C(C)C)C(C)C)cc(c1)C(C#N)=C2)(C(C)C)C(C)C. The number of benzene rings is 5. The summed E-state index contributed by atoms with van der Waals surface area (Å²) >= 11 is 0. The number of nitrogens with zero attached hydrogens (tertiary/aromatic N) is 5. The third-order valence-corrected chi connectivity index (χ3v) is 56.4. The lowest BCUT2D eigenvalue weighted by Crippen LogP contribution is -2.43. The van der Waals surface area contributed by atoms with Gasteiger partial charge in [0.1, 0.15) is 40.4 Å². The average molecular weight is 1540 g/mol. The molecule has 0 spiro atoms. The Labute approximate surface area is 673 Å². The maximum Gasteiger partial charge on any atom is 0.146 e. The molecule has 570 valence electrons. The van der Waals surface area contributed by atoms with Crippen molar-refractivity contribution in [3.63, 3.8) is 0 Å². The molecule has 0 unspecified atom stereocenters. The summed E-state index contributed by atoms with van der Waals surface area (Å²) in [5.41, 5.74) is 37.0. The van der Waals surface area contributed by atoms with Crippen LogP contribution in [0.2, 0.25) is 83.1 Å². The molecule has 0 aliphatic heterocycles. The Hall–Kier alpha value is -8.87. The summed E-state index contributed by atoms with van der Waals surface area (Å²) in [6.45, 7) is 69.1. The van der Waals surface area contributed by atoms with E-state index in [0.717, 1.165) is 27.8 Å². The molecule has 5 nitrogen and oxygen atoms in total. The van der Waals surface area contributed by atoms with Gasteiger partial charge in [0.25, 0.3) is 0 Å². The van der Waals surface area contributed by atoms with Crippen molar-refractivity contribution in [3.05, 3.63) is 174 Å². The van der Waals surface area contributed by atoms with E-state index >= 15 is 0 Å². The number of nitriles is 5. The first kappa shape index (κ1) is 90.0. The summed E-state index contributed by atoms with van der Waals surface area (Å²) < 4.78 is 0. The van der Waals surface area contributed by atoms with Gasteiger partial charge in [-0.1, -0.05) is 237 Å². The fourth-order valence-corrected chi connectivity index (χ4v) is 45.7. The molecule has 0 saturated heterocycles. The van der Waals surface area contributed by atoms with E-state index in [-0.39, 0.29) is 0 Å². The third-order valence-electron chi connectivity index (χ3n) is 24.9. The van der Waals surface area contributed by atoms with Crippen molar-refractivity contribution in [1.82, 2.24) is 0 Å². The second kappa shape index (κ2) is 37.9. The lowest BCUT2D eigenvalue weighted by molar-refractivity contribution is 0.838. The average Bonchev–Trinajstić information content (AvgIpc) is 0.840. The van der Waals surface area contributed by atoms with Crippen LogP contribution in [0.15, 0.2) is 91.0 Å². The quantitative estimate of drug-likeness (QED) is 0.0764. The van der Waals surface area contributed by atoms with E-state index in [0.29, 0.717) is 167 Å². The first-order chi connectivity index (χ1) is 51.5. The van der Waals surface area contributed by atoms with Crippen molar-refractivity contribution in [2.24, 2.45) is 0 Å². The molecule has 6 rings (SSSR count). The minimum absolute atomic E-state index is 0.355. The van der Waals surface area contributed by atoms with Crippen LogP contribution in [0.1, 0.15) is 291 Å². The molecule has 0 amide bonds. The van der Waals surface area contributed by atoms with E-state index in [1.54, 1.807) is 0 Å². The zero-order chi connectivity index (χ0) is 82.5. The van der Waals surface area contributed by atoms with E-state index in [1.807, 2.05) is 121 Å².